The van der Waals surface area contributed by atoms with Crippen LogP contribution in [-0.2, 0) is 26.4 Å². The lowest BCUT2D eigenvalue weighted by atomic mass is 9.96. The first-order valence-electron chi connectivity index (χ1n) is 6.98. The summed E-state index contributed by atoms with van der Waals surface area (Å²) in [6.45, 7) is 0.128. The van der Waals surface area contributed by atoms with Crippen molar-refractivity contribution >= 4 is 44.1 Å². The predicted octanol–water partition coefficient (Wildman–Crippen LogP) is 3.78. The van der Waals surface area contributed by atoms with E-state index in [1.807, 2.05) is 0 Å². The van der Waals surface area contributed by atoms with Crippen molar-refractivity contribution in [3.8, 4) is 0 Å². The van der Waals surface area contributed by atoms with Crippen LogP contribution in [0.25, 0.3) is 11.1 Å². The molecule has 24 heavy (non-hydrogen) atoms. The molecule has 1 heterocycles. The Balaban J connectivity index is 2.04. The molecular formula is C17H12BrFO4S. The average Bonchev–Trinajstić information content (AvgIpc) is 2.89. The number of esters is 1. The minimum atomic E-state index is -1.91. The zero-order valence-corrected chi connectivity index (χ0v) is 14.7. The van der Waals surface area contributed by atoms with Gasteiger partial charge in [0.25, 0.3) is 0 Å². The molecule has 0 radical (unpaired) electrons. The van der Waals surface area contributed by atoms with Gasteiger partial charge in [0.2, 0.25) is 0 Å². The molecule has 2 aromatic carbocycles. The summed E-state index contributed by atoms with van der Waals surface area (Å²) in [4.78, 5) is 12.1. The summed E-state index contributed by atoms with van der Waals surface area (Å²) in [6, 6.07) is 11.1. The van der Waals surface area contributed by atoms with Gasteiger partial charge >= 0.3 is 5.97 Å². The maximum absolute atomic E-state index is 13.3. The van der Waals surface area contributed by atoms with Crippen molar-refractivity contribution < 1.29 is 22.7 Å². The van der Waals surface area contributed by atoms with E-state index in [4.69, 9.17) is 9.29 Å². The van der Waals surface area contributed by atoms with E-state index in [-0.39, 0.29) is 12.4 Å². The van der Waals surface area contributed by atoms with Gasteiger partial charge in [-0.1, -0.05) is 46.3 Å². The van der Waals surface area contributed by atoms with Gasteiger partial charge in [-0.2, -0.15) is 0 Å². The van der Waals surface area contributed by atoms with Crippen molar-refractivity contribution in [1.82, 2.24) is 0 Å². The Hall–Kier alpha value is -1.83. The molecule has 124 valence electrons. The number of ether oxygens (including phenoxy) is 1. The Morgan fingerprint density at radius 1 is 1.21 bits per heavy atom. The number of rotatable bonds is 4. The first-order valence-corrected chi connectivity index (χ1v) is 9.05. The third kappa shape index (κ3) is 3.48. The third-order valence-electron chi connectivity index (χ3n) is 3.65. The highest BCUT2D eigenvalue weighted by Crippen LogP contribution is 2.36. The van der Waals surface area contributed by atoms with Crippen LogP contribution in [0.2, 0.25) is 0 Å². The molecule has 0 amide bonds. The second-order valence-electron chi connectivity index (χ2n) is 5.22. The minimum absolute atomic E-state index is 0.0468. The van der Waals surface area contributed by atoms with Crippen LogP contribution < -0.4 is 0 Å². The molecule has 0 aromatic heterocycles. The molecule has 1 atom stereocenters. The van der Waals surface area contributed by atoms with E-state index in [2.05, 4.69) is 15.9 Å². The molecule has 0 aliphatic carbocycles. The summed E-state index contributed by atoms with van der Waals surface area (Å²) in [6.07, 6.45) is 0. The standard InChI is InChI=1S/C17H12BrFO4S/c18-15-7-12(19)5-6-13(15)16-14(8-23-17(16)20)11-3-1-10(2-4-11)9-24(21)22/h1-7H,8-9H2,(H,21,22). The summed E-state index contributed by atoms with van der Waals surface area (Å²) in [5.74, 6) is -0.816. The van der Waals surface area contributed by atoms with E-state index < -0.39 is 22.9 Å². The Kier molecular flexibility index (Phi) is 4.93. The van der Waals surface area contributed by atoms with Crippen LogP contribution in [0.1, 0.15) is 16.7 Å². The highest BCUT2D eigenvalue weighted by Gasteiger charge is 2.28. The topological polar surface area (TPSA) is 63.6 Å². The Morgan fingerprint density at radius 3 is 2.54 bits per heavy atom. The van der Waals surface area contributed by atoms with Gasteiger partial charge in [0.05, 0.1) is 11.3 Å². The van der Waals surface area contributed by atoms with Gasteiger partial charge in [-0.15, -0.1) is 0 Å². The number of carbonyl (C=O) groups is 1. The Bertz CT molecular complexity index is 861. The monoisotopic (exact) mass is 410 g/mol. The molecule has 0 saturated heterocycles. The maximum Gasteiger partial charge on any atom is 0.339 e. The second kappa shape index (κ2) is 6.96. The smallest absolute Gasteiger partial charge is 0.339 e. The number of cyclic esters (lactones) is 1. The summed E-state index contributed by atoms with van der Waals surface area (Å²) in [5, 5.41) is 0. The van der Waals surface area contributed by atoms with Crippen LogP contribution >= 0.6 is 15.9 Å². The van der Waals surface area contributed by atoms with Crippen LogP contribution in [-0.4, -0.2) is 21.3 Å². The Labute approximate surface area is 148 Å². The van der Waals surface area contributed by atoms with Crippen LogP contribution in [0.15, 0.2) is 46.9 Å². The van der Waals surface area contributed by atoms with Crippen molar-refractivity contribution in [1.29, 1.82) is 0 Å². The lowest BCUT2D eigenvalue weighted by Gasteiger charge is -2.07. The van der Waals surface area contributed by atoms with Crippen molar-refractivity contribution in [3.63, 3.8) is 0 Å². The SMILES string of the molecule is O=C1OCC(c2ccc(CS(=O)O)cc2)=C1c1ccc(F)cc1Br. The molecule has 4 nitrogen and oxygen atoms in total. The van der Waals surface area contributed by atoms with E-state index in [1.54, 1.807) is 24.3 Å². The molecule has 1 aliphatic heterocycles. The van der Waals surface area contributed by atoms with Crippen molar-refractivity contribution in [2.75, 3.05) is 6.61 Å². The van der Waals surface area contributed by atoms with Gasteiger partial charge in [-0.3, -0.25) is 0 Å². The zero-order chi connectivity index (χ0) is 17.3. The fourth-order valence-electron chi connectivity index (χ4n) is 2.54. The molecule has 0 fully saturated rings. The lowest BCUT2D eigenvalue weighted by molar-refractivity contribution is -0.133. The van der Waals surface area contributed by atoms with Gasteiger partial charge in [0, 0.05) is 15.6 Å². The Morgan fingerprint density at radius 2 is 1.92 bits per heavy atom. The molecule has 7 heteroatoms. The van der Waals surface area contributed by atoms with Crippen molar-refractivity contribution in [2.45, 2.75) is 5.75 Å². The predicted molar refractivity (Wildman–Crippen MR) is 92.8 cm³/mol. The van der Waals surface area contributed by atoms with Gasteiger partial charge in [0.15, 0.2) is 11.1 Å². The van der Waals surface area contributed by atoms with Crippen LogP contribution in [0, 0.1) is 5.82 Å². The quantitative estimate of drug-likeness (QED) is 0.615. The molecule has 0 spiro atoms. The van der Waals surface area contributed by atoms with E-state index in [1.165, 1.54) is 18.2 Å². The first kappa shape index (κ1) is 17.0. The zero-order valence-electron chi connectivity index (χ0n) is 12.3. The molecule has 0 saturated carbocycles. The highest BCUT2D eigenvalue weighted by atomic mass is 79.9. The normalized spacial score (nSPS) is 15.5. The van der Waals surface area contributed by atoms with Crippen LogP contribution in [0.4, 0.5) is 4.39 Å². The number of halogens is 2. The molecule has 0 bridgehead atoms. The van der Waals surface area contributed by atoms with Crippen molar-refractivity contribution in [3.05, 3.63) is 69.4 Å². The fraction of sp³-hybridized carbons (Fsp3) is 0.118. The summed E-state index contributed by atoms with van der Waals surface area (Å²) >= 11 is 1.37. The van der Waals surface area contributed by atoms with Gasteiger partial charge < -0.3 is 9.29 Å². The largest absolute Gasteiger partial charge is 0.457 e. The minimum Gasteiger partial charge on any atom is -0.457 e. The summed E-state index contributed by atoms with van der Waals surface area (Å²) < 4.78 is 38.7. The number of benzene rings is 2. The lowest BCUT2D eigenvalue weighted by Crippen LogP contribution is -1.99. The van der Waals surface area contributed by atoms with Crippen molar-refractivity contribution in [2.24, 2.45) is 0 Å². The number of hydrogen-bond acceptors (Lipinski definition) is 3. The second-order valence-corrected chi connectivity index (χ2v) is 7.00. The molecule has 1 N–H and O–H groups in total. The first-order chi connectivity index (χ1) is 11.5. The molecule has 1 unspecified atom stereocenters. The fourth-order valence-corrected chi connectivity index (χ4v) is 3.57. The number of carbonyl (C=O) groups excluding carboxylic acids is 1. The van der Waals surface area contributed by atoms with E-state index in [0.29, 0.717) is 21.2 Å². The molecule has 2 aromatic rings. The van der Waals surface area contributed by atoms with Gasteiger partial charge in [0.1, 0.15) is 12.4 Å². The van der Waals surface area contributed by atoms with Gasteiger partial charge in [-0.05, 0) is 23.3 Å². The molecule has 3 rings (SSSR count). The average molecular weight is 411 g/mol. The van der Waals surface area contributed by atoms with E-state index in [9.17, 15) is 13.4 Å². The molecular weight excluding hydrogens is 399 g/mol. The van der Waals surface area contributed by atoms with Crippen LogP contribution in [0.3, 0.4) is 0 Å². The third-order valence-corrected chi connectivity index (χ3v) is 4.88. The van der Waals surface area contributed by atoms with Gasteiger partial charge in [-0.25, -0.2) is 13.4 Å². The number of hydrogen-bond donors (Lipinski definition) is 1. The summed E-state index contributed by atoms with van der Waals surface area (Å²) in [5.41, 5.74) is 3.15. The van der Waals surface area contributed by atoms with Crippen LogP contribution in [0.5, 0.6) is 0 Å². The maximum atomic E-state index is 13.3. The summed E-state index contributed by atoms with van der Waals surface area (Å²) in [7, 11) is 0. The highest BCUT2D eigenvalue weighted by molar-refractivity contribution is 9.10. The van der Waals surface area contributed by atoms with E-state index in [0.717, 1.165) is 11.1 Å². The van der Waals surface area contributed by atoms with E-state index >= 15 is 0 Å². The molecule has 1 aliphatic rings.